The van der Waals surface area contributed by atoms with Gasteiger partial charge in [0.2, 0.25) is 0 Å². The zero-order chi connectivity index (χ0) is 11.0. The first-order valence-corrected chi connectivity index (χ1v) is 6.28. The molecule has 4 heteroatoms. The minimum atomic E-state index is -0.0395. The van der Waals surface area contributed by atoms with E-state index in [1.807, 2.05) is 0 Å². The third-order valence-corrected chi connectivity index (χ3v) is 3.78. The van der Waals surface area contributed by atoms with Crippen molar-refractivity contribution in [2.24, 2.45) is 5.92 Å². The highest BCUT2D eigenvalue weighted by Gasteiger charge is 2.44. The topological polar surface area (TPSA) is 44.8 Å². The third-order valence-electron chi connectivity index (χ3n) is 3.78. The summed E-state index contributed by atoms with van der Waals surface area (Å²) in [7, 11) is 0. The van der Waals surface area contributed by atoms with Crippen molar-refractivity contribution in [1.29, 1.82) is 0 Å². The van der Waals surface area contributed by atoms with Crippen molar-refractivity contribution in [3.05, 3.63) is 0 Å². The van der Waals surface area contributed by atoms with E-state index in [9.17, 15) is 4.79 Å². The maximum absolute atomic E-state index is 11.1. The van der Waals surface area contributed by atoms with E-state index in [4.69, 9.17) is 14.2 Å². The number of hydrogen-bond donors (Lipinski definition) is 0. The van der Waals surface area contributed by atoms with Crippen molar-refractivity contribution in [3.63, 3.8) is 0 Å². The van der Waals surface area contributed by atoms with Gasteiger partial charge in [-0.2, -0.15) is 0 Å². The molecule has 16 heavy (non-hydrogen) atoms. The molecule has 0 amide bonds. The molecule has 0 spiro atoms. The second-order valence-corrected chi connectivity index (χ2v) is 5.02. The van der Waals surface area contributed by atoms with Gasteiger partial charge in [0.15, 0.2) is 6.29 Å². The summed E-state index contributed by atoms with van der Waals surface area (Å²) < 4.78 is 16.7. The summed E-state index contributed by atoms with van der Waals surface area (Å²) in [5.41, 5.74) is 0. The van der Waals surface area contributed by atoms with Gasteiger partial charge in [0.1, 0.15) is 6.10 Å². The van der Waals surface area contributed by atoms with Gasteiger partial charge in [0.05, 0.1) is 12.5 Å². The molecule has 3 aliphatic rings. The Morgan fingerprint density at radius 2 is 2.19 bits per heavy atom. The molecule has 0 aromatic rings. The highest BCUT2D eigenvalue weighted by atomic mass is 16.7. The van der Waals surface area contributed by atoms with Crippen LogP contribution in [0.15, 0.2) is 0 Å². The Bertz CT molecular complexity index is 256. The Balaban J connectivity index is 1.49. The molecule has 4 nitrogen and oxygen atoms in total. The van der Waals surface area contributed by atoms with Gasteiger partial charge in [-0.25, -0.2) is 0 Å². The molecule has 1 aliphatic carbocycles. The molecule has 0 radical (unpaired) electrons. The van der Waals surface area contributed by atoms with Crippen LogP contribution >= 0.6 is 0 Å². The number of esters is 1. The summed E-state index contributed by atoms with van der Waals surface area (Å²) in [6, 6.07) is 0. The van der Waals surface area contributed by atoms with E-state index in [0.29, 0.717) is 12.3 Å². The molecule has 0 aromatic heterocycles. The third kappa shape index (κ3) is 2.09. The lowest BCUT2D eigenvalue weighted by molar-refractivity contribution is -0.188. The number of ether oxygens (including phenoxy) is 3. The number of hydrogen-bond acceptors (Lipinski definition) is 4. The highest BCUT2D eigenvalue weighted by molar-refractivity contribution is 5.72. The van der Waals surface area contributed by atoms with E-state index in [-0.39, 0.29) is 24.5 Å². The van der Waals surface area contributed by atoms with Crippen LogP contribution in [0.1, 0.15) is 38.5 Å². The van der Waals surface area contributed by atoms with Crippen molar-refractivity contribution in [3.8, 4) is 0 Å². The number of rotatable bonds is 2. The van der Waals surface area contributed by atoms with E-state index >= 15 is 0 Å². The fourth-order valence-electron chi connectivity index (χ4n) is 2.97. The summed E-state index contributed by atoms with van der Waals surface area (Å²) in [6.45, 7) is 0.819. The van der Waals surface area contributed by atoms with Crippen LogP contribution in [-0.2, 0) is 19.0 Å². The van der Waals surface area contributed by atoms with Gasteiger partial charge < -0.3 is 14.2 Å². The molecule has 3 fully saturated rings. The first kappa shape index (κ1) is 10.5. The van der Waals surface area contributed by atoms with E-state index < -0.39 is 0 Å². The highest BCUT2D eigenvalue weighted by Crippen LogP contribution is 2.38. The van der Waals surface area contributed by atoms with Crippen LogP contribution in [0.4, 0.5) is 0 Å². The number of carbonyl (C=O) groups excluding carboxylic acids is 1. The summed E-state index contributed by atoms with van der Waals surface area (Å²) in [4.78, 5) is 11.1. The molecule has 3 rings (SSSR count). The molecular weight excluding hydrogens is 208 g/mol. The quantitative estimate of drug-likeness (QED) is 0.671. The predicted molar refractivity (Wildman–Crippen MR) is 55.7 cm³/mol. The average molecular weight is 226 g/mol. The average Bonchev–Trinajstić information content (AvgIpc) is 2.76. The molecule has 2 heterocycles. The Labute approximate surface area is 95.2 Å². The summed E-state index contributed by atoms with van der Waals surface area (Å²) in [5, 5.41) is 0. The monoisotopic (exact) mass is 226 g/mol. The van der Waals surface area contributed by atoms with Crippen molar-refractivity contribution >= 4 is 5.97 Å². The van der Waals surface area contributed by atoms with Crippen LogP contribution in [0.2, 0.25) is 0 Å². The van der Waals surface area contributed by atoms with Crippen LogP contribution in [0.5, 0.6) is 0 Å². The molecule has 0 bridgehead atoms. The van der Waals surface area contributed by atoms with E-state index in [1.165, 1.54) is 6.42 Å². The van der Waals surface area contributed by atoms with Crippen LogP contribution in [0.25, 0.3) is 0 Å². The van der Waals surface area contributed by atoms with Crippen LogP contribution in [-0.4, -0.2) is 31.1 Å². The smallest absolute Gasteiger partial charge is 0.306 e. The molecule has 0 aromatic carbocycles. The molecule has 1 saturated carbocycles. The Morgan fingerprint density at radius 1 is 1.25 bits per heavy atom. The first-order chi connectivity index (χ1) is 7.81. The zero-order valence-electron chi connectivity index (χ0n) is 9.39. The number of fused-ring (bicyclic) bond motifs is 1. The second kappa shape index (κ2) is 4.34. The minimum absolute atomic E-state index is 0.0201. The largest absolute Gasteiger partial charge is 0.462 e. The van der Waals surface area contributed by atoms with Crippen molar-refractivity contribution in [1.82, 2.24) is 0 Å². The number of carbonyl (C=O) groups is 1. The van der Waals surface area contributed by atoms with Gasteiger partial charge in [-0.1, -0.05) is 0 Å². The second-order valence-electron chi connectivity index (χ2n) is 5.02. The Hall–Kier alpha value is -0.610. The van der Waals surface area contributed by atoms with Gasteiger partial charge >= 0.3 is 5.97 Å². The Morgan fingerprint density at radius 3 is 2.94 bits per heavy atom. The van der Waals surface area contributed by atoms with Gasteiger partial charge in [0, 0.05) is 18.9 Å². The van der Waals surface area contributed by atoms with Gasteiger partial charge in [0.25, 0.3) is 0 Å². The van der Waals surface area contributed by atoms with Gasteiger partial charge in [-0.05, 0) is 25.7 Å². The van der Waals surface area contributed by atoms with Crippen LogP contribution < -0.4 is 0 Å². The first-order valence-electron chi connectivity index (χ1n) is 6.28. The lowest BCUT2D eigenvalue weighted by Crippen LogP contribution is -2.27. The minimum Gasteiger partial charge on any atom is -0.462 e. The molecule has 4 unspecified atom stereocenters. The summed E-state index contributed by atoms with van der Waals surface area (Å²) in [5.74, 6) is 0.350. The molecular formula is C12H18O4. The zero-order valence-corrected chi connectivity index (χ0v) is 9.39. The van der Waals surface area contributed by atoms with Gasteiger partial charge in [-0.15, -0.1) is 0 Å². The maximum Gasteiger partial charge on any atom is 0.306 e. The molecule has 2 saturated heterocycles. The lowest BCUT2D eigenvalue weighted by atomic mass is 10.1. The molecule has 2 aliphatic heterocycles. The molecule has 0 N–H and O–H groups in total. The van der Waals surface area contributed by atoms with Crippen LogP contribution in [0, 0.1) is 5.92 Å². The SMILES string of the molecule is O=C1CC2CC(OC3CCCCO3)CC2O1. The van der Waals surface area contributed by atoms with Crippen molar-refractivity contribution in [2.75, 3.05) is 6.61 Å². The summed E-state index contributed by atoms with van der Waals surface area (Å²) >= 11 is 0. The van der Waals surface area contributed by atoms with Crippen molar-refractivity contribution in [2.45, 2.75) is 57.0 Å². The van der Waals surface area contributed by atoms with E-state index in [1.54, 1.807) is 0 Å². The van der Waals surface area contributed by atoms with E-state index in [0.717, 1.165) is 32.3 Å². The van der Waals surface area contributed by atoms with E-state index in [2.05, 4.69) is 0 Å². The van der Waals surface area contributed by atoms with Crippen molar-refractivity contribution < 1.29 is 19.0 Å². The summed E-state index contributed by atoms with van der Waals surface area (Å²) in [6.07, 6.45) is 6.06. The molecule has 90 valence electrons. The Kier molecular flexibility index (Phi) is 2.86. The lowest BCUT2D eigenvalue weighted by Gasteiger charge is -2.26. The van der Waals surface area contributed by atoms with Gasteiger partial charge in [-0.3, -0.25) is 4.79 Å². The predicted octanol–water partition coefficient (Wildman–Crippen LogP) is 1.62. The molecule has 4 atom stereocenters. The fourth-order valence-corrected chi connectivity index (χ4v) is 2.97. The normalized spacial score (nSPS) is 43.1. The van der Waals surface area contributed by atoms with Crippen LogP contribution in [0.3, 0.4) is 0 Å². The fraction of sp³-hybridized carbons (Fsp3) is 0.917. The maximum atomic E-state index is 11.1. The standard InChI is InChI=1S/C12H18O4/c13-11-6-8-5-9(7-10(8)16-11)15-12-3-1-2-4-14-12/h8-10,12H,1-7H2.